The zero-order chi connectivity index (χ0) is 22.8. The molecule has 0 N–H and O–H groups in total. The molecule has 1 aliphatic heterocycles. The van der Waals surface area contributed by atoms with Gasteiger partial charge in [-0.25, -0.2) is 4.98 Å². The number of thiazole rings is 1. The van der Waals surface area contributed by atoms with Gasteiger partial charge in [-0.2, -0.15) is 0 Å². The van der Waals surface area contributed by atoms with Gasteiger partial charge in [0.1, 0.15) is 22.1 Å². The van der Waals surface area contributed by atoms with Gasteiger partial charge in [-0.15, -0.1) is 22.7 Å². The average Bonchev–Trinajstić information content (AvgIpc) is 3.59. The molecule has 1 aliphatic rings. The van der Waals surface area contributed by atoms with Crippen molar-refractivity contribution in [3.05, 3.63) is 62.8 Å². The van der Waals surface area contributed by atoms with Gasteiger partial charge in [0, 0.05) is 30.0 Å². The molecule has 4 aromatic rings. The fraction of sp³-hybridized carbons (Fsp3) is 0.320. The molecule has 1 aromatic carbocycles. The van der Waals surface area contributed by atoms with Crippen molar-refractivity contribution in [1.82, 2.24) is 15.0 Å². The van der Waals surface area contributed by atoms with Crippen LogP contribution >= 0.6 is 22.7 Å². The summed E-state index contributed by atoms with van der Waals surface area (Å²) in [5.41, 5.74) is 3.71. The largest absolute Gasteiger partial charge is 0.492 e. The molecule has 4 heterocycles. The Kier molecular flexibility index (Phi) is 6.28. The van der Waals surface area contributed by atoms with Crippen molar-refractivity contribution in [3.8, 4) is 28.3 Å². The Labute approximate surface area is 200 Å². The van der Waals surface area contributed by atoms with Crippen molar-refractivity contribution < 1.29 is 14.1 Å². The highest BCUT2D eigenvalue weighted by Crippen LogP contribution is 2.38. The summed E-state index contributed by atoms with van der Waals surface area (Å²) in [7, 11) is 0. The second-order valence-electron chi connectivity index (χ2n) is 8.01. The van der Waals surface area contributed by atoms with Gasteiger partial charge in [-0.3, -0.25) is 4.79 Å². The Morgan fingerprint density at radius 3 is 2.73 bits per heavy atom. The lowest BCUT2D eigenvalue weighted by molar-refractivity contribution is 0.0714. The van der Waals surface area contributed by atoms with Crippen LogP contribution in [0.25, 0.3) is 22.5 Å². The molecule has 33 heavy (non-hydrogen) atoms. The highest BCUT2D eigenvalue weighted by Gasteiger charge is 2.29. The van der Waals surface area contributed by atoms with Crippen molar-refractivity contribution in [3.63, 3.8) is 0 Å². The summed E-state index contributed by atoms with van der Waals surface area (Å²) in [5, 5.41) is 9.42. The number of ether oxygens (including phenoxy) is 1. The maximum atomic E-state index is 13.0. The second-order valence-corrected chi connectivity index (χ2v) is 9.82. The molecule has 0 radical (unpaired) electrons. The molecular weight excluding hydrogens is 454 g/mol. The van der Waals surface area contributed by atoms with Crippen molar-refractivity contribution in [2.75, 3.05) is 19.7 Å². The van der Waals surface area contributed by atoms with Crippen LogP contribution in [0.2, 0.25) is 0 Å². The number of rotatable bonds is 6. The van der Waals surface area contributed by atoms with Gasteiger partial charge < -0.3 is 14.2 Å². The summed E-state index contributed by atoms with van der Waals surface area (Å²) >= 11 is 3.13. The predicted octanol–water partition coefficient (Wildman–Crippen LogP) is 6.25. The number of benzene rings is 1. The smallest absolute Gasteiger partial charge is 0.267 e. The van der Waals surface area contributed by atoms with Gasteiger partial charge in [0.15, 0.2) is 0 Å². The molecular formula is C25H25N3O3S2. The van der Waals surface area contributed by atoms with Crippen LogP contribution in [0.5, 0.6) is 5.75 Å². The minimum absolute atomic E-state index is 0.0688. The summed E-state index contributed by atoms with van der Waals surface area (Å²) in [5.74, 6) is 1.88. The number of nitrogens with zero attached hydrogens (tertiary/aromatic N) is 3. The topological polar surface area (TPSA) is 68.5 Å². The van der Waals surface area contributed by atoms with Gasteiger partial charge in [0.25, 0.3) is 5.91 Å². The number of aryl methyl sites for hydroxylation is 1. The normalized spacial score (nSPS) is 14.5. The maximum Gasteiger partial charge on any atom is 0.267 e. The van der Waals surface area contributed by atoms with Crippen molar-refractivity contribution in [2.45, 2.75) is 32.6 Å². The number of piperidine rings is 1. The van der Waals surface area contributed by atoms with Crippen LogP contribution in [0.1, 0.15) is 46.1 Å². The fourth-order valence-electron chi connectivity index (χ4n) is 4.25. The van der Waals surface area contributed by atoms with Crippen LogP contribution in [0.15, 0.2) is 51.7 Å². The van der Waals surface area contributed by atoms with E-state index in [1.807, 2.05) is 60.5 Å². The number of carbonyl (C=O) groups is 1. The van der Waals surface area contributed by atoms with E-state index in [0.717, 1.165) is 59.2 Å². The zero-order valence-corrected chi connectivity index (χ0v) is 20.2. The first kappa shape index (κ1) is 21.9. The summed E-state index contributed by atoms with van der Waals surface area (Å²) in [6.07, 6.45) is 1.81. The summed E-state index contributed by atoms with van der Waals surface area (Å²) in [6.45, 7) is 5.87. The number of aromatic nitrogens is 2. The molecule has 1 amide bonds. The van der Waals surface area contributed by atoms with E-state index < -0.39 is 0 Å². The second kappa shape index (κ2) is 9.49. The molecule has 0 saturated carbocycles. The highest BCUT2D eigenvalue weighted by molar-refractivity contribution is 7.12. The summed E-state index contributed by atoms with van der Waals surface area (Å²) in [4.78, 5) is 20.6. The third kappa shape index (κ3) is 4.32. The van der Waals surface area contributed by atoms with E-state index in [4.69, 9.17) is 14.2 Å². The number of hydrogen-bond acceptors (Lipinski definition) is 7. The van der Waals surface area contributed by atoms with Gasteiger partial charge in [-0.1, -0.05) is 35.5 Å². The van der Waals surface area contributed by atoms with E-state index >= 15 is 0 Å². The van der Waals surface area contributed by atoms with Crippen LogP contribution in [0.3, 0.4) is 0 Å². The summed E-state index contributed by atoms with van der Waals surface area (Å²) in [6, 6.07) is 11.9. The first-order valence-corrected chi connectivity index (χ1v) is 12.9. The first-order valence-electron chi connectivity index (χ1n) is 11.1. The minimum Gasteiger partial charge on any atom is -0.492 e. The molecule has 3 aromatic heterocycles. The van der Waals surface area contributed by atoms with Crippen LogP contribution < -0.4 is 4.74 Å². The standard InChI is InChI=1S/C25H25N3O3S2/c1-3-30-20-11-14-32-23(20)25(29)28-12-9-18(10-13-28)24-26-19(15-33-24)21-16(2)31-27-22(21)17-7-5-4-6-8-17/h4-8,11,14-15,18H,3,9-10,12-13H2,1-2H3. The highest BCUT2D eigenvalue weighted by atomic mass is 32.1. The van der Waals surface area contributed by atoms with Crippen LogP contribution in [-0.4, -0.2) is 40.6 Å². The quantitative estimate of drug-likeness (QED) is 0.327. The van der Waals surface area contributed by atoms with Gasteiger partial charge in [0.05, 0.1) is 22.9 Å². The van der Waals surface area contributed by atoms with E-state index in [-0.39, 0.29) is 5.91 Å². The lowest BCUT2D eigenvalue weighted by Crippen LogP contribution is -2.37. The number of likely N-dealkylation sites (tertiary alicyclic amines) is 1. The first-order chi connectivity index (χ1) is 16.2. The third-order valence-electron chi connectivity index (χ3n) is 5.94. The molecule has 6 nitrogen and oxygen atoms in total. The molecule has 1 fully saturated rings. The van der Waals surface area contributed by atoms with Gasteiger partial charge >= 0.3 is 0 Å². The average molecular weight is 480 g/mol. The van der Waals surface area contributed by atoms with Crippen molar-refractivity contribution in [2.24, 2.45) is 0 Å². The monoisotopic (exact) mass is 479 g/mol. The fourth-order valence-corrected chi connectivity index (χ4v) is 6.04. The molecule has 0 aliphatic carbocycles. The van der Waals surface area contributed by atoms with Crippen molar-refractivity contribution in [1.29, 1.82) is 0 Å². The van der Waals surface area contributed by atoms with Crippen LogP contribution in [0, 0.1) is 6.92 Å². The zero-order valence-electron chi connectivity index (χ0n) is 18.6. The molecule has 0 spiro atoms. The van der Waals surface area contributed by atoms with Gasteiger partial charge in [0.2, 0.25) is 0 Å². The Hall–Kier alpha value is -2.97. The Bertz CT molecular complexity index is 1240. The lowest BCUT2D eigenvalue weighted by Gasteiger charge is -2.31. The lowest BCUT2D eigenvalue weighted by atomic mass is 9.97. The van der Waals surface area contributed by atoms with E-state index in [9.17, 15) is 4.79 Å². The Morgan fingerprint density at radius 2 is 1.97 bits per heavy atom. The molecule has 0 bridgehead atoms. The third-order valence-corrected chi connectivity index (χ3v) is 7.83. The van der Waals surface area contributed by atoms with E-state index in [0.29, 0.717) is 23.2 Å². The predicted molar refractivity (Wildman–Crippen MR) is 131 cm³/mol. The Balaban J connectivity index is 1.29. The number of hydrogen-bond donors (Lipinski definition) is 0. The van der Waals surface area contributed by atoms with Crippen LogP contribution in [0.4, 0.5) is 0 Å². The molecule has 8 heteroatoms. The van der Waals surface area contributed by atoms with E-state index in [1.165, 1.54) is 11.3 Å². The molecule has 0 atom stereocenters. The summed E-state index contributed by atoms with van der Waals surface area (Å²) < 4.78 is 11.1. The maximum absolute atomic E-state index is 13.0. The van der Waals surface area contributed by atoms with E-state index in [1.54, 1.807) is 11.3 Å². The molecule has 5 rings (SSSR count). The van der Waals surface area contributed by atoms with Gasteiger partial charge in [-0.05, 0) is 38.1 Å². The SMILES string of the molecule is CCOc1ccsc1C(=O)N1CCC(c2nc(-c3c(-c4ccccc4)noc3C)cs2)CC1. The van der Waals surface area contributed by atoms with E-state index in [2.05, 4.69) is 10.5 Å². The number of amides is 1. The minimum atomic E-state index is 0.0688. The van der Waals surface area contributed by atoms with Crippen LogP contribution in [-0.2, 0) is 0 Å². The molecule has 0 unspecified atom stereocenters. The molecule has 1 saturated heterocycles. The van der Waals surface area contributed by atoms with Crippen molar-refractivity contribution >= 4 is 28.6 Å². The number of carbonyl (C=O) groups excluding carboxylic acids is 1. The number of thiophene rings is 1. The molecule has 170 valence electrons. The Morgan fingerprint density at radius 1 is 1.18 bits per heavy atom.